The van der Waals surface area contributed by atoms with E-state index in [0.717, 1.165) is 17.2 Å². The monoisotopic (exact) mass is 290 g/mol. The second kappa shape index (κ2) is 6.35. The third-order valence-corrected chi connectivity index (χ3v) is 3.22. The summed E-state index contributed by atoms with van der Waals surface area (Å²) in [6.45, 7) is 2.14. The van der Waals surface area contributed by atoms with E-state index in [1.54, 1.807) is 13.0 Å². The minimum atomic E-state index is -0.611. The van der Waals surface area contributed by atoms with E-state index in [4.69, 9.17) is 5.73 Å². The maximum atomic E-state index is 13.5. The number of halogens is 2. The Kier molecular flexibility index (Phi) is 4.52. The molecule has 0 heterocycles. The SMILES string of the molecule is Cc1cc(F)ccc1CCNC(=O)c1cc(N)ccc1F. The molecule has 0 saturated heterocycles. The maximum absolute atomic E-state index is 13.5. The zero-order valence-corrected chi connectivity index (χ0v) is 11.6. The van der Waals surface area contributed by atoms with Crippen molar-refractivity contribution in [3.05, 3.63) is 64.7 Å². The summed E-state index contributed by atoms with van der Waals surface area (Å²) in [7, 11) is 0. The van der Waals surface area contributed by atoms with Crippen molar-refractivity contribution in [1.82, 2.24) is 5.32 Å². The van der Waals surface area contributed by atoms with Crippen LogP contribution in [0.5, 0.6) is 0 Å². The minimum Gasteiger partial charge on any atom is -0.399 e. The number of carbonyl (C=O) groups excluding carboxylic acids is 1. The van der Waals surface area contributed by atoms with Gasteiger partial charge < -0.3 is 11.1 Å². The number of hydrogen-bond donors (Lipinski definition) is 2. The van der Waals surface area contributed by atoms with Gasteiger partial charge in [0.2, 0.25) is 0 Å². The predicted octanol–water partition coefficient (Wildman–Crippen LogP) is 2.83. The predicted molar refractivity (Wildman–Crippen MR) is 78.0 cm³/mol. The number of nitrogens with two attached hydrogens (primary N) is 1. The molecule has 0 aliphatic heterocycles. The second-order valence-corrected chi connectivity index (χ2v) is 4.82. The lowest BCUT2D eigenvalue weighted by atomic mass is 10.1. The number of amides is 1. The van der Waals surface area contributed by atoms with Crippen LogP contribution in [0, 0.1) is 18.6 Å². The average molecular weight is 290 g/mol. The molecule has 0 spiro atoms. The van der Waals surface area contributed by atoms with Gasteiger partial charge >= 0.3 is 0 Å². The summed E-state index contributed by atoms with van der Waals surface area (Å²) in [6, 6.07) is 8.35. The Hall–Kier alpha value is -2.43. The summed E-state index contributed by atoms with van der Waals surface area (Å²) < 4.78 is 26.5. The van der Waals surface area contributed by atoms with Gasteiger partial charge in [-0.1, -0.05) is 6.07 Å². The Morgan fingerprint density at radius 1 is 1.19 bits per heavy atom. The largest absolute Gasteiger partial charge is 0.399 e. The van der Waals surface area contributed by atoms with Crippen LogP contribution >= 0.6 is 0 Å². The summed E-state index contributed by atoms with van der Waals surface area (Å²) in [4.78, 5) is 11.9. The lowest BCUT2D eigenvalue weighted by Crippen LogP contribution is -2.26. The Bertz CT molecular complexity index is 671. The fourth-order valence-corrected chi connectivity index (χ4v) is 2.06. The standard InChI is InChI=1S/C16H16F2N2O/c1-10-8-12(17)3-2-11(10)6-7-20-16(21)14-9-13(19)4-5-15(14)18/h2-5,8-9H,6-7,19H2,1H3,(H,20,21). The van der Waals surface area contributed by atoms with Crippen molar-refractivity contribution in [3.63, 3.8) is 0 Å². The molecule has 0 fully saturated rings. The van der Waals surface area contributed by atoms with Crippen LogP contribution in [-0.2, 0) is 6.42 Å². The molecule has 0 aromatic heterocycles. The lowest BCUT2D eigenvalue weighted by Gasteiger charge is -2.09. The molecular weight excluding hydrogens is 274 g/mol. The van der Waals surface area contributed by atoms with E-state index < -0.39 is 11.7 Å². The van der Waals surface area contributed by atoms with E-state index in [0.29, 0.717) is 18.7 Å². The number of anilines is 1. The fraction of sp³-hybridized carbons (Fsp3) is 0.188. The number of aryl methyl sites for hydroxylation is 1. The topological polar surface area (TPSA) is 55.1 Å². The van der Waals surface area contributed by atoms with E-state index in [1.165, 1.54) is 24.3 Å². The molecule has 0 atom stereocenters. The first kappa shape index (κ1) is 15.0. The molecule has 0 radical (unpaired) electrons. The van der Waals surface area contributed by atoms with Crippen LogP contribution in [0.1, 0.15) is 21.5 Å². The van der Waals surface area contributed by atoms with Gasteiger partial charge in [0, 0.05) is 12.2 Å². The van der Waals surface area contributed by atoms with Crippen LogP contribution in [0.3, 0.4) is 0 Å². The Morgan fingerprint density at radius 3 is 2.67 bits per heavy atom. The third kappa shape index (κ3) is 3.78. The number of nitrogen functional groups attached to an aromatic ring is 1. The third-order valence-electron chi connectivity index (χ3n) is 3.22. The molecule has 0 aliphatic carbocycles. The van der Waals surface area contributed by atoms with Crippen LogP contribution in [-0.4, -0.2) is 12.5 Å². The van der Waals surface area contributed by atoms with E-state index in [2.05, 4.69) is 5.32 Å². The molecule has 0 bridgehead atoms. The first-order chi connectivity index (χ1) is 9.97. The van der Waals surface area contributed by atoms with Gasteiger partial charge in [-0.05, 0) is 54.8 Å². The van der Waals surface area contributed by atoms with Gasteiger partial charge in [0.15, 0.2) is 0 Å². The maximum Gasteiger partial charge on any atom is 0.254 e. The van der Waals surface area contributed by atoms with Gasteiger partial charge in [0.1, 0.15) is 11.6 Å². The first-order valence-corrected chi connectivity index (χ1v) is 6.55. The number of hydrogen-bond acceptors (Lipinski definition) is 2. The molecule has 1 amide bonds. The summed E-state index contributed by atoms with van der Waals surface area (Å²) in [5.41, 5.74) is 7.54. The Morgan fingerprint density at radius 2 is 1.95 bits per heavy atom. The molecule has 0 aliphatic rings. The molecule has 0 saturated carbocycles. The van der Waals surface area contributed by atoms with Crippen molar-refractivity contribution in [2.45, 2.75) is 13.3 Å². The molecule has 110 valence electrons. The van der Waals surface area contributed by atoms with Crippen LogP contribution in [0.2, 0.25) is 0 Å². The summed E-state index contributed by atoms with van der Waals surface area (Å²) in [5, 5.41) is 2.63. The van der Waals surface area contributed by atoms with Crippen molar-refractivity contribution in [2.75, 3.05) is 12.3 Å². The van der Waals surface area contributed by atoms with E-state index in [-0.39, 0.29) is 11.4 Å². The van der Waals surface area contributed by atoms with Crippen LogP contribution in [0.15, 0.2) is 36.4 Å². The average Bonchev–Trinajstić information content (AvgIpc) is 2.43. The number of nitrogens with one attached hydrogen (secondary N) is 1. The quantitative estimate of drug-likeness (QED) is 0.851. The van der Waals surface area contributed by atoms with E-state index in [1.807, 2.05) is 0 Å². The smallest absolute Gasteiger partial charge is 0.254 e. The molecule has 3 nitrogen and oxygen atoms in total. The van der Waals surface area contributed by atoms with Crippen molar-refractivity contribution in [2.24, 2.45) is 0 Å². The lowest BCUT2D eigenvalue weighted by molar-refractivity contribution is 0.0950. The zero-order chi connectivity index (χ0) is 15.4. The summed E-state index contributed by atoms with van der Waals surface area (Å²) in [5.74, 6) is -1.42. The number of benzene rings is 2. The number of carbonyl (C=O) groups is 1. The highest BCUT2D eigenvalue weighted by Crippen LogP contribution is 2.13. The molecule has 2 aromatic carbocycles. The molecule has 2 rings (SSSR count). The van der Waals surface area contributed by atoms with Gasteiger partial charge in [-0.2, -0.15) is 0 Å². The van der Waals surface area contributed by atoms with Gasteiger partial charge in [0.05, 0.1) is 5.56 Å². The number of rotatable bonds is 4. The Labute approximate surface area is 121 Å². The van der Waals surface area contributed by atoms with Gasteiger partial charge in [-0.25, -0.2) is 8.78 Å². The highest BCUT2D eigenvalue weighted by molar-refractivity contribution is 5.95. The van der Waals surface area contributed by atoms with Gasteiger partial charge in [0.25, 0.3) is 5.91 Å². The van der Waals surface area contributed by atoms with Crippen molar-refractivity contribution >= 4 is 11.6 Å². The summed E-state index contributed by atoms with van der Waals surface area (Å²) in [6.07, 6.45) is 0.543. The molecule has 5 heteroatoms. The van der Waals surface area contributed by atoms with Crippen molar-refractivity contribution < 1.29 is 13.6 Å². The molecule has 3 N–H and O–H groups in total. The van der Waals surface area contributed by atoms with Crippen molar-refractivity contribution in [3.8, 4) is 0 Å². The van der Waals surface area contributed by atoms with Crippen LogP contribution in [0.4, 0.5) is 14.5 Å². The van der Waals surface area contributed by atoms with Gasteiger partial charge in [-0.15, -0.1) is 0 Å². The minimum absolute atomic E-state index is 0.0779. The van der Waals surface area contributed by atoms with Gasteiger partial charge in [-0.3, -0.25) is 4.79 Å². The van der Waals surface area contributed by atoms with Crippen molar-refractivity contribution in [1.29, 1.82) is 0 Å². The molecule has 0 unspecified atom stereocenters. The zero-order valence-electron chi connectivity index (χ0n) is 11.6. The molecular formula is C16H16F2N2O. The van der Waals surface area contributed by atoms with E-state index in [9.17, 15) is 13.6 Å². The second-order valence-electron chi connectivity index (χ2n) is 4.82. The normalized spacial score (nSPS) is 10.4. The van der Waals surface area contributed by atoms with E-state index >= 15 is 0 Å². The fourth-order valence-electron chi connectivity index (χ4n) is 2.06. The molecule has 21 heavy (non-hydrogen) atoms. The van der Waals surface area contributed by atoms with Crippen LogP contribution < -0.4 is 11.1 Å². The summed E-state index contributed by atoms with van der Waals surface area (Å²) >= 11 is 0. The highest BCUT2D eigenvalue weighted by atomic mass is 19.1. The first-order valence-electron chi connectivity index (χ1n) is 6.55. The Balaban J connectivity index is 1.97. The molecule has 2 aromatic rings. The highest BCUT2D eigenvalue weighted by Gasteiger charge is 2.11. The van der Waals surface area contributed by atoms with Crippen LogP contribution in [0.25, 0.3) is 0 Å².